The van der Waals surface area contributed by atoms with E-state index in [1.807, 2.05) is 0 Å². The molecule has 1 aromatic heterocycles. The van der Waals surface area contributed by atoms with Crippen molar-refractivity contribution < 1.29 is 56.4 Å². The number of nitrogens with zero attached hydrogens (tertiary/aromatic N) is 3. The lowest BCUT2D eigenvalue weighted by Gasteiger charge is -2.27. The zero-order chi connectivity index (χ0) is 49.1. The third kappa shape index (κ3) is 17.3. The van der Waals surface area contributed by atoms with E-state index in [9.17, 15) is 51.6 Å². The molecule has 1 fully saturated rings. The molecule has 0 radical (unpaired) electrons. The lowest BCUT2D eigenvalue weighted by Crippen LogP contribution is -2.59. The van der Waals surface area contributed by atoms with Crippen LogP contribution in [0.5, 0.6) is 5.75 Å². The molecule has 25 heteroatoms. The van der Waals surface area contributed by atoms with E-state index in [0.29, 0.717) is 17.7 Å². The first kappa shape index (κ1) is 52.0. The summed E-state index contributed by atoms with van der Waals surface area (Å²) in [6, 6.07) is 9.85. The van der Waals surface area contributed by atoms with Crippen LogP contribution in [0, 0.1) is 5.92 Å². The van der Waals surface area contributed by atoms with Gasteiger partial charge in [-0.15, -0.1) is 0 Å². The number of nitrogens with two attached hydrogens (primary N) is 2. The minimum absolute atomic E-state index is 0.0473. The molecule has 4 atom stereocenters. The zero-order valence-electron chi connectivity index (χ0n) is 36.6. The number of pyridine rings is 1. The Bertz CT molecular complexity index is 2410. The number of nitrogens with one attached hydrogen (secondary N) is 7. The van der Waals surface area contributed by atoms with Crippen molar-refractivity contribution in [1.82, 2.24) is 36.9 Å². The average molecular weight is 951 g/mol. The molecule has 0 spiro atoms. The first-order chi connectivity index (χ1) is 31.8. The maximum atomic E-state index is 13.8. The minimum Gasteiger partial charge on any atom is -0.494 e. The number of hydrogen-bond donors (Lipinski definition) is 11. The van der Waals surface area contributed by atoms with Gasteiger partial charge in [0.2, 0.25) is 29.5 Å². The third-order valence-electron chi connectivity index (χ3n) is 9.76. The van der Waals surface area contributed by atoms with Crippen molar-refractivity contribution in [2.45, 2.75) is 75.0 Å². The molecule has 1 aliphatic rings. The predicted octanol–water partition coefficient (Wildman–Crippen LogP) is -1.23. The lowest BCUT2D eigenvalue weighted by molar-refractivity contribution is -0.141. The Balaban J connectivity index is 1.36. The Morgan fingerprint density at radius 2 is 1.60 bits per heavy atom. The second-order valence-corrected chi connectivity index (χ2v) is 16.7. The summed E-state index contributed by atoms with van der Waals surface area (Å²) >= 11 is 0. The molecular formula is C42H54N12O12S. The third-order valence-corrected chi connectivity index (χ3v) is 10.7. The summed E-state index contributed by atoms with van der Waals surface area (Å²) in [6.07, 6.45) is 2.25. The maximum absolute atomic E-state index is 13.8. The van der Waals surface area contributed by atoms with E-state index in [4.69, 9.17) is 16.2 Å². The van der Waals surface area contributed by atoms with Gasteiger partial charge in [0.25, 0.3) is 16.0 Å². The monoisotopic (exact) mass is 950 g/mol. The van der Waals surface area contributed by atoms with E-state index in [0.717, 1.165) is 0 Å². The second-order valence-electron chi connectivity index (χ2n) is 15.4. The number of hydrogen-bond acceptors (Lipinski definition) is 14. The van der Waals surface area contributed by atoms with Gasteiger partial charge in [-0.2, -0.15) is 13.5 Å². The summed E-state index contributed by atoms with van der Waals surface area (Å²) in [5.41, 5.74) is 14.3. The van der Waals surface area contributed by atoms with Gasteiger partial charge in [0.15, 0.2) is 5.96 Å². The van der Waals surface area contributed by atoms with Gasteiger partial charge in [0, 0.05) is 31.3 Å². The van der Waals surface area contributed by atoms with Crippen molar-refractivity contribution in [2.24, 2.45) is 27.5 Å². The number of carbonyl (C=O) groups excluding carboxylic acids is 6. The minimum atomic E-state index is -4.45. The van der Waals surface area contributed by atoms with E-state index in [-0.39, 0.29) is 66.8 Å². The number of rotatable bonds is 19. The van der Waals surface area contributed by atoms with E-state index >= 15 is 0 Å². The van der Waals surface area contributed by atoms with Gasteiger partial charge in [-0.25, -0.2) is 4.98 Å². The topological polar surface area (TPSA) is 377 Å². The number of amides is 6. The van der Waals surface area contributed by atoms with Crippen LogP contribution < -0.4 is 53.5 Å². The first-order valence-electron chi connectivity index (χ1n) is 20.9. The molecule has 2 unspecified atom stereocenters. The van der Waals surface area contributed by atoms with Crippen LogP contribution in [0.1, 0.15) is 61.0 Å². The van der Waals surface area contributed by atoms with Crippen molar-refractivity contribution in [3.63, 3.8) is 0 Å². The highest BCUT2D eigenvalue weighted by atomic mass is 32.2. The Hall–Kier alpha value is -7.67. The van der Waals surface area contributed by atoms with E-state index < -0.39 is 94.6 Å². The molecule has 4 rings (SSSR count). The van der Waals surface area contributed by atoms with Crippen molar-refractivity contribution in [2.75, 3.05) is 31.7 Å². The number of aliphatic carboxylic acids is 1. The number of anilines is 1. The fraction of sp³-hybridized carbons (Fsp3) is 0.381. The molecule has 6 amide bonds. The van der Waals surface area contributed by atoms with Gasteiger partial charge in [0.05, 0.1) is 31.4 Å². The lowest BCUT2D eigenvalue weighted by atomic mass is 9.99. The Labute approximate surface area is 385 Å². The molecule has 1 aliphatic heterocycles. The number of aliphatic imine (C=N–C) groups is 1. The van der Waals surface area contributed by atoms with Crippen molar-refractivity contribution >= 4 is 69.5 Å². The Morgan fingerprint density at radius 3 is 2.25 bits per heavy atom. The highest BCUT2D eigenvalue weighted by molar-refractivity contribution is 7.86. The summed E-state index contributed by atoms with van der Waals surface area (Å²) in [7, 11) is -4.45. The van der Waals surface area contributed by atoms with Gasteiger partial charge in [0.1, 0.15) is 40.6 Å². The number of hydrazone groups is 1. The molecule has 2 aromatic carbocycles. The molecule has 0 aliphatic carbocycles. The van der Waals surface area contributed by atoms with Crippen LogP contribution in [0.25, 0.3) is 0 Å². The van der Waals surface area contributed by atoms with Gasteiger partial charge in [-0.3, -0.25) is 48.5 Å². The molecule has 0 saturated carbocycles. The zero-order valence-corrected chi connectivity index (χ0v) is 37.4. The SMILES string of the molecule is CC(C)[C@H]1NC(=O)C(CCCN=C(N)N)NC(=O)CNC(=O)C(CC(=O)O)NC(=O)[C@@H](Cc2ccc(OCCCNC(=O)c3ccc(NN=Cc4ccccc4S(=O)(=O)O)nc3)cc2)NC1=O. The summed E-state index contributed by atoms with van der Waals surface area (Å²) in [5, 5.41) is 28.7. The molecule has 24 nitrogen and oxygen atoms in total. The fourth-order valence-electron chi connectivity index (χ4n) is 6.33. The van der Waals surface area contributed by atoms with Gasteiger partial charge in [-0.1, -0.05) is 44.2 Å². The Kier molecular flexibility index (Phi) is 19.5. The van der Waals surface area contributed by atoms with Crippen molar-refractivity contribution in [3.8, 4) is 5.75 Å². The standard InChI is InChI=1S/C42H54N12O12S/c1-24(2)36-41(62)52-30(40(61)51-31(20-35(56)57)38(59)48-23-34(55)50-29(39(60)53-36)8-5-16-46-42(43)44)19-25-10-13-28(14-11-25)66-18-6-17-45-37(58)27-12-15-33(47-21-27)54-49-22-26-7-3-4-9-32(26)67(63,64)65/h3-4,7,9-15,21-22,24,29-31,36H,5-6,8,16-20,23H2,1-2H3,(H,45,58)(H,47,54)(H,48,59)(H,50,55)(H,51,61)(H,52,62)(H,53,60)(H,56,57)(H4,43,44,46)(H,63,64,65)/t29?,30-,31?,36-/m1/s1. The van der Waals surface area contributed by atoms with Gasteiger partial charge < -0.3 is 53.2 Å². The second kappa shape index (κ2) is 25.1. The van der Waals surface area contributed by atoms with Crippen LogP contribution in [0.4, 0.5) is 5.82 Å². The largest absolute Gasteiger partial charge is 0.494 e. The van der Waals surface area contributed by atoms with E-state index in [1.54, 1.807) is 44.2 Å². The first-order valence-corrected chi connectivity index (χ1v) is 22.3. The highest BCUT2D eigenvalue weighted by Crippen LogP contribution is 2.16. The molecular weight excluding hydrogens is 897 g/mol. The summed E-state index contributed by atoms with van der Waals surface area (Å²) in [4.78, 5) is 99.1. The molecule has 360 valence electrons. The molecule has 67 heavy (non-hydrogen) atoms. The van der Waals surface area contributed by atoms with Crippen molar-refractivity contribution in [1.29, 1.82) is 0 Å². The summed E-state index contributed by atoms with van der Waals surface area (Å²) in [5.74, 6) is -5.97. The smallest absolute Gasteiger partial charge is 0.305 e. The number of aromatic nitrogens is 1. The summed E-state index contributed by atoms with van der Waals surface area (Å²) < 4.78 is 38.3. The molecule has 13 N–H and O–H groups in total. The van der Waals surface area contributed by atoms with Crippen LogP contribution in [-0.2, 0) is 45.3 Å². The maximum Gasteiger partial charge on any atom is 0.305 e. The van der Waals surface area contributed by atoms with Crippen molar-refractivity contribution in [3.05, 3.63) is 83.6 Å². The Morgan fingerprint density at radius 1 is 0.896 bits per heavy atom. The number of benzene rings is 2. The normalized spacial score (nSPS) is 18.5. The van der Waals surface area contributed by atoms with Crippen LogP contribution in [0.15, 0.2) is 81.8 Å². The molecule has 3 aromatic rings. The van der Waals surface area contributed by atoms with Crippen LogP contribution in [-0.4, -0.2) is 127 Å². The number of carboxylic acid groups (broad SMARTS) is 1. The fourth-order valence-corrected chi connectivity index (χ4v) is 7.00. The summed E-state index contributed by atoms with van der Waals surface area (Å²) in [6.45, 7) is 3.25. The predicted molar refractivity (Wildman–Crippen MR) is 242 cm³/mol. The van der Waals surface area contributed by atoms with Crippen LogP contribution in [0.3, 0.4) is 0 Å². The highest BCUT2D eigenvalue weighted by Gasteiger charge is 2.34. The number of guanidine groups is 1. The quantitative estimate of drug-likeness (QED) is 0.0220. The van der Waals surface area contributed by atoms with Gasteiger partial charge >= 0.3 is 5.97 Å². The van der Waals surface area contributed by atoms with E-state index in [2.05, 4.69) is 52.4 Å². The average Bonchev–Trinajstić information content (AvgIpc) is 3.27. The molecule has 0 bridgehead atoms. The number of ether oxygens (including phenoxy) is 1. The number of carbonyl (C=O) groups is 7. The van der Waals surface area contributed by atoms with Crippen LogP contribution >= 0.6 is 0 Å². The van der Waals surface area contributed by atoms with Gasteiger partial charge in [-0.05, 0) is 61.1 Å². The molecule has 1 saturated heterocycles. The van der Waals surface area contributed by atoms with E-state index in [1.165, 1.54) is 42.7 Å². The van der Waals surface area contributed by atoms with Crippen LogP contribution in [0.2, 0.25) is 0 Å². The molecule has 2 heterocycles. The number of carboxylic acids is 1.